The van der Waals surface area contributed by atoms with Gasteiger partial charge in [-0.05, 0) is 24.6 Å². The lowest BCUT2D eigenvalue weighted by molar-refractivity contribution is -0.117. The van der Waals surface area contributed by atoms with Crippen molar-refractivity contribution < 1.29 is 4.79 Å². The molecule has 0 radical (unpaired) electrons. The summed E-state index contributed by atoms with van der Waals surface area (Å²) in [6.45, 7) is 1.89. The molecule has 4 rings (SSSR count). The number of nitrogens with one attached hydrogen (secondary N) is 2. The van der Waals surface area contributed by atoms with Crippen molar-refractivity contribution in [2.75, 3.05) is 0 Å². The van der Waals surface area contributed by atoms with E-state index in [1.807, 2.05) is 62.6 Å². The highest BCUT2D eigenvalue weighted by atomic mass is 16.1. The highest BCUT2D eigenvalue weighted by Gasteiger charge is 2.15. The van der Waals surface area contributed by atoms with Crippen molar-refractivity contribution >= 4 is 23.0 Å². The SMILES string of the molecule is C[C@@H](NC(=O)/C(C#N)=C/c1c[nH]c2ncc(-c3cnn(C)c3)cc12)c1ccccc1. The molecule has 1 amide bonds. The lowest BCUT2D eigenvalue weighted by Gasteiger charge is -2.13. The zero-order valence-corrected chi connectivity index (χ0v) is 16.6. The molecule has 3 aromatic heterocycles. The van der Waals surface area contributed by atoms with Gasteiger partial charge in [-0.25, -0.2) is 4.98 Å². The van der Waals surface area contributed by atoms with Crippen LogP contribution in [0.2, 0.25) is 0 Å². The van der Waals surface area contributed by atoms with E-state index in [0.29, 0.717) is 5.65 Å². The van der Waals surface area contributed by atoms with Gasteiger partial charge in [0, 0.05) is 47.7 Å². The summed E-state index contributed by atoms with van der Waals surface area (Å²) in [5, 5.41) is 17.5. The number of H-pyrrole nitrogens is 1. The Hall–Kier alpha value is -4.18. The minimum absolute atomic E-state index is 0.0328. The molecule has 30 heavy (non-hydrogen) atoms. The van der Waals surface area contributed by atoms with Gasteiger partial charge in [0.2, 0.25) is 0 Å². The van der Waals surface area contributed by atoms with Crippen LogP contribution in [0.1, 0.15) is 24.1 Å². The highest BCUT2D eigenvalue weighted by Crippen LogP contribution is 2.26. The number of hydrogen-bond acceptors (Lipinski definition) is 4. The third kappa shape index (κ3) is 3.84. The van der Waals surface area contributed by atoms with Crippen molar-refractivity contribution in [1.29, 1.82) is 5.26 Å². The molecule has 0 fully saturated rings. The number of benzene rings is 1. The normalized spacial score (nSPS) is 12.5. The van der Waals surface area contributed by atoms with Crippen molar-refractivity contribution in [2.45, 2.75) is 13.0 Å². The van der Waals surface area contributed by atoms with Gasteiger partial charge >= 0.3 is 0 Å². The first-order valence-corrected chi connectivity index (χ1v) is 9.49. The third-order valence-electron chi connectivity index (χ3n) is 4.91. The van der Waals surface area contributed by atoms with Crippen LogP contribution in [-0.2, 0) is 11.8 Å². The smallest absolute Gasteiger partial charge is 0.262 e. The maximum absolute atomic E-state index is 12.7. The van der Waals surface area contributed by atoms with Gasteiger partial charge in [-0.2, -0.15) is 10.4 Å². The van der Waals surface area contributed by atoms with Gasteiger partial charge in [0.15, 0.2) is 0 Å². The van der Waals surface area contributed by atoms with Gasteiger partial charge in [0.25, 0.3) is 5.91 Å². The van der Waals surface area contributed by atoms with Crippen molar-refractivity contribution in [3.63, 3.8) is 0 Å². The van der Waals surface area contributed by atoms with Crippen molar-refractivity contribution in [3.8, 4) is 17.2 Å². The fourth-order valence-corrected chi connectivity index (χ4v) is 3.27. The predicted octanol–water partition coefficient (Wildman–Crippen LogP) is 3.75. The van der Waals surface area contributed by atoms with Gasteiger partial charge in [-0.15, -0.1) is 0 Å². The number of carbonyl (C=O) groups is 1. The van der Waals surface area contributed by atoms with Crippen LogP contribution in [0.4, 0.5) is 0 Å². The zero-order chi connectivity index (χ0) is 21.1. The Balaban J connectivity index is 1.63. The lowest BCUT2D eigenvalue weighted by atomic mass is 10.1. The monoisotopic (exact) mass is 396 g/mol. The summed E-state index contributed by atoms with van der Waals surface area (Å²) in [5.41, 5.74) is 4.26. The van der Waals surface area contributed by atoms with Gasteiger partial charge in [0.05, 0.1) is 12.2 Å². The second-order valence-corrected chi connectivity index (χ2v) is 7.04. The van der Waals surface area contributed by atoms with Crippen molar-refractivity contribution in [3.05, 3.63) is 77.9 Å². The Morgan fingerprint density at radius 1 is 1.27 bits per heavy atom. The summed E-state index contributed by atoms with van der Waals surface area (Å²) in [6, 6.07) is 13.4. The number of aryl methyl sites for hydroxylation is 1. The molecule has 3 heterocycles. The average Bonchev–Trinajstić information content (AvgIpc) is 3.38. The van der Waals surface area contributed by atoms with Crippen LogP contribution < -0.4 is 5.32 Å². The van der Waals surface area contributed by atoms with Gasteiger partial charge in [-0.1, -0.05) is 30.3 Å². The Bertz CT molecular complexity index is 1280. The molecule has 0 aliphatic heterocycles. The van der Waals surface area contributed by atoms with Crippen LogP contribution in [0.25, 0.3) is 28.2 Å². The number of nitrogens with zero attached hydrogens (tertiary/aromatic N) is 4. The molecule has 0 aliphatic rings. The molecule has 0 bridgehead atoms. The minimum atomic E-state index is -0.417. The zero-order valence-electron chi connectivity index (χ0n) is 16.6. The lowest BCUT2D eigenvalue weighted by Crippen LogP contribution is -2.27. The molecule has 1 aromatic carbocycles. The Labute approximate surface area is 173 Å². The molecule has 2 N–H and O–H groups in total. The molecule has 0 spiro atoms. The summed E-state index contributed by atoms with van der Waals surface area (Å²) < 4.78 is 1.73. The molecule has 0 saturated carbocycles. The van der Waals surface area contributed by atoms with E-state index in [4.69, 9.17) is 0 Å². The second kappa shape index (κ2) is 8.05. The van der Waals surface area contributed by atoms with Gasteiger partial charge in [0.1, 0.15) is 17.3 Å². The average molecular weight is 396 g/mol. The Morgan fingerprint density at radius 2 is 2.07 bits per heavy atom. The first-order chi connectivity index (χ1) is 14.5. The maximum Gasteiger partial charge on any atom is 0.262 e. The van der Waals surface area contributed by atoms with E-state index in [0.717, 1.165) is 27.6 Å². The van der Waals surface area contributed by atoms with Gasteiger partial charge < -0.3 is 10.3 Å². The number of rotatable bonds is 5. The van der Waals surface area contributed by atoms with Crippen molar-refractivity contribution in [2.24, 2.45) is 7.05 Å². The number of aromatic nitrogens is 4. The molecule has 7 heteroatoms. The van der Waals surface area contributed by atoms with E-state index in [1.165, 1.54) is 0 Å². The number of amides is 1. The molecule has 4 aromatic rings. The van der Waals surface area contributed by atoms with Gasteiger partial charge in [-0.3, -0.25) is 9.48 Å². The van der Waals surface area contributed by atoms with E-state index >= 15 is 0 Å². The number of carbonyl (C=O) groups excluding carboxylic acids is 1. The fourth-order valence-electron chi connectivity index (χ4n) is 3.27. The first-order valence-electron chi connectivity index (χ1n) is 9.49. The topological polar surface area (TPSA) is 99.4 Å². The minimum Gasteiger partial charge on any atom is -0.346 e. The Kier molecular flexibility index (Phi) is 5.14. The second-order valence-electron chi connectivity index (χ2n) is 7.04. The maximum atomic E-state index is 12.7. The number of fused-ring (bicyclic) bond motifs is 1. The molecular formula is C23H20N6O. The highest BCUT2D eigenvalue weighted by molar-refractivity contribution is 6.04. The fraction of sp³-hybridized carbons (Fsp3) is 0.130. The summed E-state index contributed by atoms with van der Waals surface area (Å²) in [6.07, 6.45) is 8.77. The largest absolute Gasteiger partial charge is 0.346 e. The van der Waals surface area contributed by atoms with Crippen LogP contribution in [0.5, 0.6) is 0 Å². The molecule has 0 saturated heterocycles. The summed E-state index contributed by atoms with van der Waals surface area (Å²) >= 11 is 0. The number of aromatic amines is 1. The molecule has 1 atom stereocenters. The van der Waals surface area contributed by atoms with Crippen LogP contribution in [0.15, 0.2) is 66.8 Å². The van der Waals surface area contributed by atoms with E-state index in [2.05, 4.69) is 20.4 Å². The first kappa shape index (κ1) is 19.2. The summed E-state index contributed by atoms with van der Waals surface area (Å²) in [5.74, 6) is -0.417. The quantitative estimate of drug-likeness (QED) is 0.396. The summed E-state index contributed by atoms with van der Waals surface area (Å²) in [4.78, 5) is 20.2. The van der Waals surface area contributed by atoms with Crippen LogP contribution >= 0.6 is 0 Å². The number of hydrogen-bond donors (Lipinski definition) is 2. The van der Waals surface area contributed by atoms with Crippen LogP contribution in [-0.4, -0.2) is 25.7 Å². The van der Waals surface area contributed by atoms with E-state index in [9.17, 15) is 10.1 Å². The molecule has 0 unspecified atom stereocenters. The van der Waals surface area contributed by atoms with Crippen molar-refractivity contribution in [1.82, 2.24) is 25.1 Å². The van der Waals surface area contributed by atoms with E-state index < -0.39 is 5.91 Å². The molecule has 7 nitrogen and oxygen atoms in total. The number of pyridine rings is 1. The van der Waals surface area contributed by atoms with Crippen LogP contribution in [0.3, 0.4) is 0 Å². The van der Waals surface area contributed by atoms with Crippen LogP contribution in [0, 0.1) is 11.3 Å². The Morgan fingerprint density at radius 3 is 2.77 bits per heavy atom. The summed E-state index contributed by atoms with van der Waals surface area (Å²) in [7, 11) is 1.86. The number of nitriles is 1. The van der Waals surface area contributed by atoms with E-state index in [-0.39, 0.29) is 11.6 Å². The predicted molar refractivity (Wildman–Crippen MR) is 115 cm³/mol. The standard InChI is InChI=1S/C23H20N6O/c1-15(16-6-4-3-5-7-16)28-23(30)17(10-24)8-19-12-26-22-21(19)9-18(11-25-22)20-13-27-29(2)14-20/h3-9,11-15H,1-2H3,(H,25,26)(H,28,30)/b17-8+/t15-/m1/s1. The molecular weight excluding hydrogens is 376 g/mol. The molecule has 0 aliphatic carbocycles. The third-order valence-corrected chi connectivity index (χ3v) is 4.91. The van der Waals surface area contributed by atoms with E-state index in [1.54, 1.807) is 29.3 Å². The molecule has 148 valence electrons.